The third-order valence-corrected chi connectivity index (χ3v) is 6.38. The van der Waals surface area contributed by atoms with Gasteiger partial charge in [0.2, 0.25) is 0 Å². The molecule has 118 valence electrons. The van der Waals surface area contributed by atoms with Crippen LogP contribution in [-0.4, -0.2) is 35.2 Å². The largest absolute Gasteiger partial charge is 0.375 e. The van der Waals surface area contributed by atoms with Crippen LogP contribution in [0.4, 0.5) is 0 Å². The SMILES string of the molecule is CCCNC(c1cscn1)C1CCOC2(CCSCC2)C1. The van der Waals surface area contributed by atoms with Crippen LogP contribution in [0, 0.1) is 5.92 Å². The van der Waals surface area contributed by atoms with Gasteiger partial charge >= 0.3 is 0 Å². The predicted octanol–water partition coefficient (Wildman–Crippen LogP) is 3.88. The Kier molecular flexibility index (Phi) is 5.60. The van der Waals surface area contributed by atoms with Gasteiger partial charge in [0, 0.05) is 12.0 Å². The Morgan fingerprint density at radius 2 is 2.33 bits per heavy atom. The maximum atomic E-state index is 6.25. The smallest absolute Gasteiger partial charge is 0.0795 e. The van der Waals surface area contributed by atoms with Gasteiger partial charge in [-0.2, -0.15) is 11.8 Å². The van der Waals surface area contributed by atoms with Crippen molar-refractivity contribution in [1.29, 1.82) is 0 Å². The molecule has 21 heavy (non-hydrogen) atoms. The van der Waals surface area contributed by atoms with E-state index in [1.54, 1.807) is 11.3 Å². The fraction of sp³-hybridized carbons (Fsp3) is 0.812. The van der Waals surface area contributed by atoms with Crippen LogP contribution in [0.5, 0.6) is 0 Å². The Hall–Kier alpha value is -0.100. The molecule has 3 rings (SSSR count). The molecule has 5 heteroatoms. The molecule has 0 aromatic carbocycles. The Labute approximate surface area is 136 Å². The molecule has 0 bridgehead atoms. The predicted molar refractivity (Wildman–Crippen MR) is 91.1 cm³/mol. The average Bonchev–Trinajstić information content (AvgIpc) is 3.03. The topological polar surface area (TPSA) is 34.2 Å². The van der Waals surface area contributed by atoms with E-state index < -0.39 is 0 Å². The van der Waals surface area contributed by atoms with Gasteiger partial charge in [0.1, 0.15) is 0 Å². The Bertz CT molecular complexity index is 412. The fourth-order valence-electron chi connectivity index (χ4n) is 3.63. The van der Waals surface area contributed by atoms with E-state index in [4.69, 9.17) is 4.74 Å². The quantitative estimate of drug-likeness (QED) is 0.890. The molecule has 3 nitrogen and oxygen atoms in total. The maximum absolute atomic E-state index is 6.25. The van der Waals surface area contributed by atoms with Gasteiger partial charge in [0.15, 0.2) is 0 Å². The summed E-state index contributed by atoms with van der Waals surface area (Å²) in [5.41, 5.74) is 3.36. The number of hydrogen-bond donors (Lipinski definition) is 1. The van der Waals surface area contributed by atoms with Crippen molar-refractivity contribution in [3.63, 3.8) is 0 Å². The average molecular weight is 327 g/mol. The van der Waals surface area contributed by atoms with Crippen molar-refractivity contribution >= 4 is 23.1 Å². The number of rotatable bonds is 5. The molecule has 1 aromatic rings. The number of nitrogens with one attached hydrogen (secondary N) is 1. The van der Waals surface area contributed by atoms with Crippen molar-refractivity contribution in [3.8, 4) is 0 Å². The number of aromatic nitrogens is 1. The van der Waals surface area contributed by atoms with Gasteiger partial charge in [0.05, 0.1) is 22.8 Å². The lowest BCUT2D eigenvalue weighted by Crippen LogP contribution is -2.46. The molecule has 0 amide bonds. The highest BCUT2D eigenvalue weighted by atomic mass is 32.2. The molecule has 1 N–H and O–H groups in total. The molecule has 1 spiro atoms. The molecular formula is C16H26N2OS2. The summed E-state index contributed by atoms with van der Waals surface area (Å²) in [6.45, 7) is 4.22. The van der Waals surface area contributed by atoms with Crippen LogP contribution in [0.2, 0.25) is 0 Å². The highest BCUT2D eigenvalue weighted by molar-refractivity contribution is 7.99. The van der Waals surface area contributed by atoms with E-state index in [2.05, 4.69) is 34.4 Å². The van der Waals surface area contributed by atoms with E-state index in [-0.39, 0.29) is 5.60 Å². The van der Waals surface area contributed by atoms with Crippen LogP contribution in [0.3, 0.4) is 0 Å². The third-order valence-electron chi connectivity index (χ3n) is 4.79. The molecule has 3 heterocycles. The summed E-state index contributed by atoms with van der Waals surface area (Å²) < 4.78 is 6.25. The van der Waals surface area contributed by atoms with Gasteiger partial charge in [-0.25, -0.2) is 4.98 Å². The molecule has 2 saturated heterocycles. The molecule has 1 aromatic heterocycles. The maximum Gasteiger partial charge on any atom is 0.0795 e. The van der Waals surface area contributed by atoms with Gasteiger partial charge in [-0.3, -0.25) is 0 Å². The summed E-state index contributed by atoms with van der Waals surface area (Å²) in [5, 5.41) is 5.96. The molecule has 0 saturated carbocycles. The molecule has 2 aliphatic rings. The van der Waals surface area contributed by atoms with Crippen molar-refractivity contribution in [1.82, 2.24) is 10.3 Å². The second-order valence-electron chi connectivity index (χ2n) is 6.24. The van der Waals surface area contributed by atoms with Crippen molar-refractivity contribution < 1.29 is 4.74 Å². The van der Waals surface area contributed by atoms with E-state index in [0.717, 1.165) is 19.6 Å². The summed E-state index contributed by atoms with van der Waals surface area (Å²) in [4.78, 5) is 4.59. The minimum atomic E-state index is 0.163. The number of hydrogen-bond acceptors (Lipinski definition) is 5. The first-order valence-electron chi connectivity index (χ1n) is 8.16. The summed E-state index contributed by atoms with van der Waals surface area (Å²) in [5.74, 6) is 3.18. The molecule has 2 aliphatic heterocycles. The first-order chi connectivity index (χ1) is 10.3. The zero-order valence-electron chi connectivity index (χ0n) is 12.8. The molecule has 2 unspecified atom stereocenters. The van der Waals surface area contributed by atoms with Crippen molar-refractivity contribution in [2.24, 2.45) is 5.92 Å². The second kappa shape index (κ2) is 7.44. The standard InChI is InChI=1S/C16H26N2OS2/c1-2-6-17-15(14-11-21-12-18-14)13-3-7-19-16(10-13)4-8-20-9-5-16/h11-13,15,17H,2-10H2,1H3. The van der Waals surface area contributed by atoms with Crippen LogP contribution < -0.4 is 5.32 Å². The van der Waals surface area contributed by atoms with Gasteiger partial charge in [-0.05, 0) is 56.1 Å². The highest BCUT2D eigenvalue weighted by Crippen LogP contribution is 2.43. The van der Waals surface area contributed by atoms with E-state index >= 15 is 0 Å². The van der Waals surface area contributed by atoms with Gasteiger partial charge in [-0.15, -0.1) is 11.3 Å². The summed E-state index contributed by atoms with van der Waals surface area (Å²) in [7, 11) is 0. The van der Waals surface area contributed by atoms with E-state index in [1.165, 1.54) is 42.9 Å². The summed E-state index contributed by atoms with van der Waals surface area (Å²) in [6, 6.07) is 0.409. The first-order valence-corrected chi connectivity index (χ1v) is 10.3. The lowest BCUT2D eigenvalue weighted by atomic mass is 9.78. The molecular weight excluding hydrogens is 300 g/mol. The Balaban J connectivity index is 1.72. The minimum Gasteiger partial charge on any atom is -0.375 e. The van der Waals surface area contributed by atoms with Gasteiger partial charge < -0.3 is 10.1 Å². The van der Waals surface area contributed by atoms with Crippen LogP contribution in [0.25, 0.3) is 0 Å². The van der Waals surface area contributed by atoms with E-state index in [1.807, 2.05) is 5.51 Å². The number of thiazole rings is 1. The van der Waals surface area contributed by atoms with Crippen molar-refractivity contribution in [3.05, 3.63) is 16.6 Å². The first kappa shape index (κ1) is 15.8. The van der Waals surface area contributed by atoms with Crippen LogP contribution in [0.1, 0.15) is 50.8 Å². The van der Waals surface area contributed by atoms with Crippen LogP contribution in [0.15, 0.2) is 10.9 Å². The Morgan fingerprint density at radius 1 is 1.48 bits per heavy atom. The van der Waals surface area contributed by atoms with Crippen LogP contribution in [-0.2, 0) is 4.74 Å². The number of ether oxygens (including phenoxy) is 1. The summed E-state index contributed by atoms with van der Waals surface area (Å²) in [6.07, 6.45) is 5.99. The van der Waals surface area contributed by atoms with E-state index in [0.29, 0.717) is 12.0 Å². The number of nitrogens with zero attached hydrogens (tertiary/aromatic N) is 1. The summed E-state index contributed by atoms with van der Waals surface area (Å²) >= 11 is 3.78. The van der Waals surface area contributed by atoms with Crippen molar-refractivity contribution in [2.45, 2.75) is 50.7 Å². The number of thioether (sulfide) groups is 1. The van der Waals surface area contributed by atoms with E-state index in [9.17, 15) is 0 Å². The van der Waals surface area contributed by atoms with Gasteiger partial charge in [0.25, 0.3) is 0 Å². The lowest BCUT2D eigenvalue weighted by Gasteiger charge is -2.45. The minimum absolute atomic E-state index is 0.163. The zero-order valence-corrected chi connectivity index (χ0v) is 14.5. The molecule has 2 atom stereocenters. The Morgan fingerprint density at radius 3 is 3.05 bits per heavy atom. The molecule has 2 fully saturated rings. The molecule has 0 radical (unpaired) electrons. The highest BCUT2D eigenvalue weighted by Gasteiger charge is 2.41. The van der Waals surface area contributed by atoms with Crippen molar-refractivity contribution in [2.75, 3.05) is 24.7 Å². The molecule has 0 aliphatic carbocycles. The monoisotopic (exact) mass is 326 g/mol. The normalized spacial score (nSPS) is 26.8. The second-order valence-corrected chi connectivity index (χ2v) is 8.19. The fourth-order valence-corrected chi connectivity index (χ4v) is 5.46. The van der Waals surface area contributed by atoms with Gasteiger partial charge in [-0.1, -0.05) is 6.92 Å². The zero-order chi connectivity index (χ0) is 14.5. The lowest BCUT2D eigenvalue weighted by molar-refractivity contribution is -0.107. The third kappa shape index (κ3) is 3.81. The van der Waals surface area contributed by atoms with Crippen LogP contribution >= 0.6 is 23.1 Å².